The molecule has 226 valence electrons. The van der Waals surface area contributed by atoms with Crippen LogP contribution in [0.3, 0.4) is 0 Å². The Kier molecular flexibility index (Phi) is 21.2. The summed E-state index contributed by atoms with van der Waals surface area (Å²) < 4.78 is 12.3. The van der Waals surface area contributed by atoms with E-state index in [4.69, 9.17) is 15.9 Å². The topological polar surface area (TPSA) is 38.7 Å². The molecule has 3 nitrogen and oxygen atoms in total. The van der Waals surface area contributed by atoms with E-state index in [0.717, 1.165) is 12.8 Å². The van der Waals surface area contributed by atoms with Crippen LogP contribution in [0.2, 0.25) is 0 Å². The number of unbranched alkanes of at least 4 members (excludes halogenated alkanes) is 18. The van der Waals surface area contributed by atoms with Gasteiger partial charge in [0.25, 0.3) is 0 Å². The zero-order valence-electron chi connectivity index (χ0n) is 26.6. The standard InChI is InChI=1S/C37H60O3/c1-6-9-11-13-15-17-19-21-23-25-29-39-35-32-34(27-28-37(4,5)38)36(31-33(35)8-3)40-30-26-24-22-20-18-16-14-12-10-7-2/h3,31-32,38H,6-7,9-26,29-30H2,1-2,4-5H3. The molecule has 0 aliphatic carbocycles. The summed E-state index contributed by atoms with van der Waals surface area (Å²) in [6, 6.07) is 3.76. The van der Waals surface area contributed by atoms with Gasteiger partial charge in [-0.1, -0.05) is 147 Å². The molecule has 0 radical (unpaired) electrons. The highest BCUT2D eigenvalue weighted by Gasteiger charge is 2.12. The first kappa shape index (κ1) is 35.9. The molecule has 0 spiro atoms. The Hall–Kier alpha value is -2.10. The quantitative estimate of drug-likeness (QED) is 0.102. The van der Waals surface area contributed by atoms with Crippen molar-refractivity contribution in [1.82, 2.24) is 0 Å². The second-order valence-corrected chi connectivity index (χ2v) is 11.9. The molecule has 1 rings (SSSR count). The monoisotopic (exact) mass is 552 g/mol. The van der Waals surface area contributed by atoms with Crippen LogP contribution in [0.4, 0.5) is 0 Å². The predicted molar refractivity (Wildman–Crippen MR) is 172 cm³/mol. The molecule has 1 aromatic rings. The van der Waals surface area contributed by atoms with Crippen LogP contribution in [0.5, 0.6) is 11.5 Å². The molecular formula is C37H60O3. The molecule has 0 aliphatic rings. The normalized spacial score (nSPS) is 11.1. The van der Waals surface area contributed by atoms with Crippen LogP contribution in [0, 0.1) is 24.2 Å². The van der Waals surface area contributed by atoms with Crippen molar-refractivity contribution in [2.75, 3.05) is 13.2 Å². The Balaban J connectivity index is 2.52. The van der Waals surface area contributed by atoms with E-state index in [-0.39, 0.29) is 0 Å². The van der Waals surface area contributed by atoms with Crippen molar-refractivity contribution in [2.24, 2.45) is 0 Å². The maximum atomic E-state index is 10.2. The van der Waals surface area contributed by atoms with Crippen LogP contribution in [0.15, 0.2) is 12.1 Å². The van der Waals surface area contributed by atoms with Crippen molar-refractivity contribution in [3.63, 3.8) is 0 Å². The lowest BCUT2D eigenvalue weighted by Crippen LogP contribution is -2.14. The molecule has 0 saturated heterocycles. The molecule has 0 unspecified atom stereocenters. The molecule has 0 fully saturated rings. The van der Waals surface area contributed by atoms with Gasteiger partial charge >= 0.3 is 0 Å². The second-order valence-electron chi connectivity index (χ2n) is 11.9. The van der Waals surface area contributed by atoms with E-state index in [2.05, 4.69) is 31.6 Å². The summed E-state index contributed by atoms with van der Waals surface area (Å²) in [5.41, 5.74) is 0.320. The summed E-state index contributed by atoms with van der Waals surface area (Å²) in [7, 11) is 0. The SMILES string of the molecule is C#Cc1cc(OCCCCCCCCCCCC)c(C#CC(C)(C)O)cc1OCCCCCCCCCCCC. The third kappa shape index (κ3) is 19.1. The number of hydrogen-bond donors (Lipinski definition) is 1. The van der Waals surface area contributed by atoms with Crippen LogP contribution in [-0.2, 0) is 0 Å². The highest BCUT2D eigenvalue weighted by molar-refractivity contribution is 5.58. The first-order chi connectivity index (χ1) is 19.4. The molecule has 1 N–H and O–H groups in total. The Bertz CT molecular complexity index is 862. The summed E-state index contributed by atoms with van der Waals surface area (Å²) in [6.45, 7) is 9.17. The Morgan fingerprint density at radius 1 is 0.600 bits per heavy atom. The molecule has 1 aromatic carbocycles. The first-order valence-corrected chi connectivity index (χ1v) is 16.6. The Morgan fingerprint density at radius 2 is 0.950 bits per heavy atom. The van der Waals surface area contributed by atoms with E-state index >= 15 is 0 Å². The van der Waals surface area contributed by atoms with Gasteiger partial charge in [0.1, 0.15) is 17.1 Å². The van der Waals surface area contributed by atoms with Gasteiger partial charge in [0.05, 0.1) is 24.3 Å². The first-order valence-electron chi connectivity index (χ1n) is 16.6. The van der Waals surface area contributed by atoms with Crippen LogP contribution >= 0.6 is 0 Å². The third-order valence-corrected chi connectivity index (χ3v) is 7.25. The Labute approximate surface area is 248 Å². The minimum absolute atomic E-state index is 0.635. The van der Waals surface area contributed by atoms with Gasteiger partial charge in [-0.05, 0) is 26.7 Å². The van der Waals surface area contributed by atoms with Gasteiger partial charge < -0.3 is 14.6 Å². The van der Waals surface area contributed by atoms with Crippen LogP contribution in [0.25, 0.3) is 0 Å². The summed E-state index contributed by atoms with van der Waals surface area (Å²) >= 11 is 0. The highest BCUT2D eigenvalue weighted by Crippen LogP contribution is 2.29. The van der Waals surface area contributed by atoms with Gasteiger partial charge in [-0.2, -0.15) is 0 Å². The van der Waals surface area contributed by atoms with Crippen LogP contribution in [-0.4, -0.2) is 23.9 Å². The van der Waals surface area contributed by atoms with Crippen molar-refractivity contribution < 1.29 is 14.6 Å². The molecule has 0 bridgehead atoms. The van der Waals surface area contributed by atoms with Gasteiger partial charge in [0.2, 0.25) is 0 Å². The minimum Gasteiger partial charge on any atom is -0.492 e. The maximum absolute atomic E-state index is 10.2. The number of benzene rings is 1. The summed E-state index contributed by atoms with van der Waals surface area (Å²) in [6.07, 6.45) is 31.6. The molecule has 0 amide bonds. The van der Waals surface area contributed by atoms with Gasteiger partial charge in [-0.15, -0.1) is 6.42 Å². The lowest BCUT2D eigenvalue weighted by molar-refractivity contribution is 0.143. The van der Waals surface area contributed by atoms with Gasteiger partial charge in [-0.25, -0.2) is 0 Å². The van der Waals surface area contributed by atoms with Crippen LogP contribution in [0.1, 0.15) is 167 Å². The molecule has 0 aliphatic heterocycles. The number of terminal acetylenes is 1. The zero-order chi connectivity index (χ0) is 29.3. The second kappa shape index (κ2) is 23.6. The van der Waals surface area contributed by atoms with Gasteiger partial charge in [0, 0.05) is 12.1 Å². The molecule has 40 heavy (non-hydrogen) atoms. The third-order valence-electron chi connectivity index (χ3n) is 7.25. The van der Waals surface area contributed by atoms with Gasteiger partial charge in [-0.3, -0.25) is 0 Å². The molecule has 3 heteroatoms. The van der Waals surface area contributed by atoms with E-state index in [1.54, 1.807) is 13.8 Å². The molecule has 0 saturated carbocycles. The van der Waals surface area contributed by atoms with Crippen LogP contribution < -0.4 is 9.47 Å². The number of rotatable bonds is 24. The molecule has 0 aromatic heterocycles. The summed E-state index contributed by atoms with van der Waals surface area (Å²) in [5.74, 6) is 10.1. The zero-order valence-corrected chi connectivity index (χ0v) is 26.6. The summed E-state index contributed by atoms with van der Waals surface area (Å²) in [5, 5.41) is 10.2. The van der Waals surface area contributed by atoms with Crippen molar-refractivity contribution in [2.45, 2.75) is 162 Å². The maximum Gasteiger partial charge on any atom is 0.136 e. The van der Waals surface area contributed by atoms with Crippen molar-refractivity contribution in [3.8, 4) is 35.7 Å². The minimum atomic E-state index is -1.09. The predicted octanol–water partition coefficient (Wildman–Crippen LogP) is 10.4. The van der Waals surface area contributed by atoms with E-state index in [0.29, 0.717) is 35.8 Å². The van der Waals surface area contributed by atoms with E-state index in [1.165, 1.54) is 116 Å². The largest absolute Gasteiger partial charge is 0.492 e. The average molecular weight is 553 g/mol. The van der Waals surface area contributed by atoms with Gasteiger partial charge in [0.15, 0.2) is 0 Å². The van der Waals surface area contributed by atoms with E-state index < -0.39 is 5.60 Å². The van der Waals surface area contributed by atoms with E-state index in [9.17, 15) is 5.11 Å². The van der Waals surface area contributed by atoms with Crippen molar-refractivity contribution in [1.29, 1.82) is 0 Å². The fraction of sp³-hybridized carbons (Fsp3) is 0.730. The van der Waals surface area contributed by atoms with E-state index in [1.807, 2.05) is 12.1 Å². The summed E-state index contributed by atoms with van der Waals surface area (Å²) in [4.78, 5) is 0. The highest BCUT2D eigenvalue weighted by atomic mass is 16.5. The number of ether oxygens (including phenoxy) is 2. The number of hydrogen-bond acceptors (Lipinski definition) is 3. The lowest BCUT2D eigenvalue weighted by Gasteiger charge is -2.14. The molecular weight excluding hydrogens is 492 g/mol. The van der Waals surface area contributed by atoms with Crippen molar-refractivity contribution in [3.05, 3.63) is 23.3 Å². The fourth-order valence-electron chi connectivity index (χ4n) is 4.77. The smallest absolute Gasteiger partial charge is 0.136 e. The average Bonchev–Trinajstić information content (AvgIpc) is 2.93. The molecule has 0 heterocycles. The fourth-order valence-corrected chi connectivity index (χ4v) is 4.77. The Morgan fingerprint density at radius 3 is 1.32 bits per heavy atom. The van der Waals surface area contributed by atoms with Crippen molar-refractivity contribution >= 4 is 0 Å². The molecule has 0 atom stereocenters. The lowest BCUT2D eigenvalue weighted by atomic mass is 10.1. The number of aliphatic hydroxyl groups is 1.